The van der Waals surface area contributed by atoms with Crippen LogP contribution in [0, 0.1) is 5.41 Å². The van der Waals surface area contributed by atoms with Gasteiger partial charge in [-0.1, -0.05) is 83.9 Å². The number of imidazole rings is 1. The van der Waals surface area contributed by atoms with Crippen molar-refractivity contribution in [1.82, 2.24) is 30.2 Å². The molecule has 2 amide bonds. The first-order valence-corrected chi connectivity index (χ1v) is 25.1. The van der Waals surface area contributed by atoms with Gasteiger partial charge in [0.05, 0.1) is 19.5 Å². The van der Waals surface area contributed by atoms with E-state index in [9.17, 15) is 57.9 Å². The van der Waals surface area contributed by atoms with Gasteiger partial charge in [0.15, 0.2) is 22.8 Å². The smallest absolute Gasteiger partial charge is 0.756 e. The quantitative estimate of drug-likeness (QED) is 0.0274. The van der Waals surface area contributed by atoms with E-state index in [1.807, 2.05) is 0 Å². The number of carbonyl (C=O) groups is 3. The number of hydrogen-bond donors (Lipinski definition) is 8. The SMILES string of the molecule is CCCCCCCCCCCC(=O)SCCNC(=O)CCNC(=O)[C@H](O)C(C)(C)COP(=O)(O)OP(=O)(O)OC[C@H]1O[C@@H](n2cnc3c(N)ncnc32)[C@H](O)[C@@H]1OP(=O)([O-])O.[Li+]. The van der Waals surface area contributed by atoms with Crippen LogP contribution in [0.3, 0.4) is 0 Å². The monoisotopic (exact) mass is 955 g/mol. The number of aromatic nitrogens is 4. The Labute approximate surface area is 375 Å². The molecule has 62 heavy (non-hydrogen) atoms. The number of anilines is 1. The number of carbonyl (C=O) groups excluding carboxylic acids is 3. The standard InChI is InChI=1S/C33H58N7O17P3S.Li/c1-4-5-6-7-8-9-10-11-12-13-24(42)61-17-16-35-23(41)14-15-36-31(45)28(44)33(2,3)19-54-60(51,52)57-59(49,50)53-18-22-27(56-58(46,47)48)26(43)32(55-22)40-21-39-25-29(34)37-20-38-30(25)40;/h20-22,26-28,32,43-44H,4-19H2,1-3H3,(H,35,41)(H,36,45)(H,49,50)(H,51,52)(H2,34,37,38)(H2,46,47,48);/q;+1/p-1/t22-,26-,27-,28+,32-;/m1./s1. The summed E-state index contributed by atoms with van der Waals surface area (Å²) in [7, 11) is -16.7. The summed E-state index contributed by atoms with van der Waals surface area (Å²) in [6, 6.07) is 0. The summed E-state index contributed by atoms with van der Waals surface area (Å²) in [5.41, 5.74) is 4.24. The molecule has 1 saturated heterocycles. The van der Waals surface area contributed by atoms with Gasteiger partial charge in [0, 0.05) is 37.1 Å². The Balaban J connectivity index is 0.0000132. The number of phosphoric acid groups is 3. The molecule has 3 unspecified atom stereocenters. The van der Waals surface area contributed by atoms with Crippen LogP contribution in [-0.2, 0) is 50.7 Å². The average molecular weight is 956 g/mol. The number of nitrogen functional groups attached to an aromatic ring is 1. The van der Waals surface area contributed by atoms with Crippen LogP contribution >= 0.6 is 35.2 Å². The van der Waals surface area contributed by atoms with Gasteiger partial charge in [-0.15, -0.1) is 0 Å². The van der Waals surface area contributed by atoms with Crippen molar-refractivity contribution in [3.63, 3.8) is 0 Å². The Hall–Kier alpha value is -1.84. The third kappa shape index (κ3) is 19.3. The molecule has 0 saturated carbocycles. The van der Waals surface area contributed by atoms with Crippen molar-refractivity contribution in [2.75, 3.05) is 37.8 Å². The van der Waals surface area contributed by atoms with Crippen LogP contribution in [0.25, 0.3) is 11.2 Å². The van der Waals surface area contributed by atoms with Gasteiger partial charge in [-0.2, -0.15) is 4.31 Å². The molecule has 0 spiro atoms. The molecule has 9 N–H and O–H groups in total. The van der Waals surface area contributed by atoms with Gasteiger partial charge in [0.1, 0.15) is 36.3 Å². The first-order chi connectivity index (χ1) is 28.6. The largest absolute Gasteiger partial charge is 1.00 e. The average Bonchev–Trinajstić information content (AvgIpc) is 3.73. The van der Waals surface area contributed by atoms with Crippen molar-refractivity contribution in [2.24, 2.45) is 5.41 Å². The first kappa shape index (κ1) is 56.3. The van der Waals surface area contributed by atoms with Gasteiger partial charge in [-0.05, 0) is 6.42 Å². The number of hydrogen-bond acceptors (Lipinski definition) is 19. The van der Waals surface area contributed by atoms with Crippen molar-refractivity contribution >= 4 is 69.1 Å². The number of aliphatic hydroxyl groups excluding tert-OH is 2. The molecule has 0 aliphatic carbocycles. The fourth-order valence-corrected chi connectivity index (χ4v) is 9.48. The molecule has 1 fully saturated rings. The van der Waals surface area contributed by atoms with Gasteiger partial charge in [-0.25, -0.2) is 24.1 Å². The summed E-state index contributed by atoms with van der Waals surface area (Å²) in [5, 5.41) is 26.5. The van der Waals surface area contributed by atoms with Crippen molar-refractivity contribution < 1.29 is 99.3 Å². The van der Waals surface area contributed by atoms with E-state index in [0.29, 0.717) is 12.2 Å². The van der Waals surface area contributed by atoms with Gasteiger partial charge in [0.2, 0.25) is 11.8 Å². The number of nitrogens with zero attached hydrogens (tertiary/aromatic N) is 4. The maximum absolute atomic E-state index is 12.7. The van der Waals surface area contributed by atoms with Gasteiger partial charge in [0.25, 0.3) is 7.82 Å². The van der Waals surface area contributed by atoms with Crippen LogP contribution in [-0.4, -0.2) is 118 Å². The van der Waals surface area contributed by atoms with Gasteiger partial charge >= 0.3 is 34.5 Å². The molecule has 1 aliphatic rings. The normalized spacial score (nSPS) is 21.3. The Morgan fingerprint density at radius 2 is 1.60 bits per heavy atom. The number of phosphoric ester groups is 3. The maximum Gasteiger partial charge on any atom is 1.00 e. The second-order valence-electron chi connectivity index (χ2n) is 14.8. The second-order valence-corrected chi connectivity index (χ2v) is 20.2. The number of nitrogens with one attached hydrogen (secondary N) is 2. The number of aliphatic hydroxyl groups is 2. The number of unbranched alkanes of at least 4 members (excludes halogenated alkanes) is 8. The number of fused-ring (bicyclic) bond motifs is 1. The second kappa shape index (κ2) is 26.3. The van der Waals surface area contributed by atoms with Crippen molar-refractivity contribution in [3.05, 3.63) is 12.7 Å². The van der Waals surface area contributed by atoms with Gasteiger partial charge in [-0.3, -0.25) is 32.6 Å². The summed E-state index contributed by atoms with van der Waals surface area (Å²) >= 11 is 1.15. The fourth-order valence-electron chi connectivity index (χ4n) is 5.94. The Kier molecular flexibility index (Phi) is 23.9. The minimum atomic E-state index is -5.59. The zero-order chi connectivity index (χ0) is 45.4. The van der Waals surface area contributed by atoms with E-state index in [2.05, 4.69) is 41.3 Å². The molecule has 348 valence electrons. The maximum atomic E-state index is 12.7. The Morgan fingerprint density at radius 3 is 2.24 bits per heavy atom. The fraction of sp³-hybridized carbons (Fsp3) is 0.758. The van der Waals surface area contributed by atoms with E-state index in [1.54, 1.807) is 0 Å². The Bertz CT molecular complexity index is 1900. The van der Waals surface area contributed by atoms with E-state index in [1.165, 1.54) is 52.4 Å². The molecular weight excluding hydrogens is 898 g/mol. The van der Waals surface area contributed by atoms with Crippen molar-refractivity contribution in [3.8, 4) is 0 Å². The molecular formula is C33H57LiN7O17P3S. The van der Waals surface area contributed by atoms with Crippen LogP contribution in [0.2, 0.25) is 0 Å². The first-order valence-electron chi connectivity index (χ1n) is 19.6. The summed E-state index contributed by atoms with van der Waals surface area (Å²) in [5.74, 6) is -1.04. The van der Waals surface area contributed by atoms with Crippen LogP contribution < -0.4 is 40.1 Å². The number of nitrogens with two attached hydrogens (primary N) is 1. The van der Waals surface area contributed by atoms with Crippen LogP contribution in [0.15, 0.2) is 12.7 Å². The van der Waals surface area contributed by atoms with Crippen molar-refractivity contribution in [1.29, 1.82) is 0 Å². The molecule has 2 aromatic rings. The predicted octanol–water partition coefficient (Wildman–Crippen LogP) is -1.04. The minimum absolute atomic E-state index is 0. The van der Waals surface area contributed by atoms with E-state index in [-0.39, 0.29) is 60.5 Å². The third-order valence-electron chi connectivity index (χ3n) is 9.25. The van der Waals surface area contributed by atoms with E-state index in [0.717, 1.165) is 48.2 Å². The molecule has 3 heterocycles. The predicted molar refractivity (Wildman–Crippen MR) is 217 cm³/mol. The van der Waals surface area contributed by atoms with Crippen molar-refractivity contribution in [2.45, 2.75) is 122 Å². The molecule has 29 heteroatoms. The molecule has 24 nitrogen and oxygen atoms in total. The molecule has 8 atom stereocenters. The van der Waals surface area contributed by atoms with Crippen LogP contribution in [0.4, 0.5) is 5.82 Å². The zero-order valence-electron chi connectivity index (χ0n) is 35.1. The van der Waals surface area contributed by atoms with Crippen LogP contribution in [0.1, 0.15) is 97.6 Å². The molecule has 3 rings (SSSR count). The summed E-state index contributed by atoms with van der Waals surface area (Å²) in [6.45, 7) is 2.71. The molecule has 0 bridgehead atoms. The van der Waals surface area contributed by atoms with E-state index in [4.69, 9.17) is 19.5 Å². The molecule has 0 radical (unpaired) electrons. The summed E-state index contributed by atoms with van der Waals surface area (Å²) in [4.78, 5) is 90.0. The number of rotatable bonds is 29. The number of amides is 2. The minimum Gasteiger partial charge on any atom is -0.756 e. The third-order valence-corrected chi connectivity index (χ3v) is 13.3. The zero-order valence-corrected chi connectivity index (χ0v) is 38.6. The van der Waals surface area contributed by atoms with Gasteiger partial charge < -0.3 is 55.4 Å². The molecule has 2 aromatic heterocycles. The summed E-state index contributed by atoms with van der Waals surface area (Å²) < 4.78 is 62.0. The Morgan fingerprint density at radius 1 is 0.968 bits per heavy atom. The summed E-state index contributed by atoms with van der Waals surface area (Å²) in [6.07, 6.45) is 3.80. The van der Waals surface area contributed by atoms with Crippen LogP contribution in [0.5, 0.6) is 0 Å². The molecule has 0 aromatic carbocycles. The van der Waals surface area contributed by atoms with E-state index >= 15 is 0 Å². The number of ether oxygens (including phenoxy) is 1. The number of thioether (sulfide) groups is 1. The van der Waals surface area contributed by atoms with E-state index < -0.39 is 84.6 Å². The molecule has 1 aliphatic heterocycles. The topological polar surface area (TPSA) is 366 Å².